The van der Waals surface area contributed by atoms with Crippen LogP contribution in [0.1, 0.15) is 41.5 Å². The van der Waals surface area contributed by atoms with Crippen molar-refractivity contribution in [3.05, 3.63) is 41.2 Å². The molecule has 0 N–H and O–H groups in total. The lowest BCUT2D eigenvalue weighted by Gasteiger charge is -2.09. The molecule has 0 aliphatic carbocycles. The molecule has 0 aliphatic rings. The third-order valence-electron chi connectivity index (χ3n) is 4.09. The van der Waals surface area contributed by atoms with Gasteiger partial charge in [-0.1, -0.05) is 37.2 Å². The molecule has 0 spiro atoms. The Morgan fingerprint density at radius 1 is 1.20 bits per heavy atom. The number of thioether (sulfide) groups is 1. The zero-order valence-corrected chi connectivity index (χ0v) is 16.7. The second kappa shape index (κ2) is 8.19. The van der Waals surface area contributed by atoms with Gasteiger partial charge in [-0.15, -0.1) is 0 Å². The average molecular weight is 381 g/mol. The van der Waals surface area contributed by atoms with Gasteiger partial charge in [-0.25, -0.2) is 13.4 Å². The van der Waals surface area contributed by atoms with Crippen LogP contribution in [0.15, 0.2) is 34.3 Å². The van der Waals surface area contributed by atoms with E-state index in [9.17, 15) is 13.2 Å². The topological polar surface area (TPSA) is 69.0 Å². The Hall–Kier alpha value is -1.60. The third-order valence-corrected chi connectivity index (χ3v) is 6.20. The first-order valence-corrected chi connectivity index (χ1v) is 11.1. The number of benzene rings is 1. The maximum atomic E-state index is 12.4. The lowest BCUT2D eigenvalue weighted by molar-refractivity contribution is 0.102. The predicted octanol–water partition coefficient (Wildman–Crippen LogP) is 3.68. The van der Waals surface area contributed by atoms with E-state index in [1.807, 2.05) is 13.8 Å². The molecule has 0 aliphatic heterocycles. The average Bonchev–Trinajstić information content (AvgIpc) is 2.84. The Balaban J connectivity index is 2.08. The van der Waals surface area contributed by atoms with Crippen molar-refractivity contribution in [3.8, 4) is 0 Å². The largest absolute Gasteiger partial charge is 0.323 e. The number of unbranched alkanes of at least 4 members (excludes halogenated alkanes) is 1. The molecule has 0 amide bonds. The highest BCUT2D eigenvalue weighted by molar-refractivity contribution is 7.99. The van der Waals surface area contributed by atoms with Gasteiger partial charge in [0.15, 0.2) is 20.8 Å². The zero-order chi connectivity index (χ0) is 18.6. The molecule has 136 valence electrons. The highest BCUT2D eigenvalue weighted by Crippen LogP contribution is 2.23. The summed E-state index contributed by atoms with van der Waals surface area (Å²) in [6.45, 7) is 7.08. The first-order valence-electron chi connectivity index (χ1n) is 8.24. The Bertz CT molecular complexity index is 853. The second-order valence-electron chi connectivity index (χ2n) is 6.08. The van der Waals surface area contributed by atoms with E-state index in [1.54, 1.807) is 12.1 Å². The van der Waals surface area contributed by atoms with Crippen LogP contribution >= 0.6 is 11.8 Å². The number of carbonyl (C=O) groups is 1. The number of sulfone groups is 1. The molecule has 25 heavy (non-hydrogen) atoms. The zero-order valence-electron chi connectivity index (χ0n) is 15.1. The summed E-state index contributed by atoms with van der Waals surface area (Å²) in [7, 11) is -3.25. The summed E-state index contributed by atoms with van der Waals surface area (Å²) in [5, 5.41) is 0.865. The summed E-state index contributed by atoms with van der Waals surface area (Å²) in [5.41, 5.74) is 2.64. The van der Waals surface area contributed by atoms with Crippen molar-refractivity contribution >= 4 is 27.4 Å². The maximum Gasteiger partial charge on any atom is 0.175 e. The summed E-state index contributed by atoms with van der Waals surface area (Å²) in [6, 6.07) is 6.09. The smallest absolute Gasteiger partial charge is 0.175 e. The number of hydrogen-bond acceptors (Lipinski definition) is 5. The number of aromatic nitrogens is 2. The molecule has 0 unspecified atom stereocenters. The van der Waals surface area contributed by atoms with Gasteiger partial charge >= 0.3 is 0 Å². The Morgan fingerprint density at radius 2 is 1.84 bits per heavy atom. The monoisotopic (exact) mass is 380 g/mol. The van der Waals surface area contributed by atoms with Crippen LogP contribution in [0.2, 0.25) is 0 Å². The first kappa shape index (κ1) is 19.7. The molecular formula is C18H24N2O3S2. The normalized spacial score (nSPS) is 11.7. The van der Waals surface area contributed by atoms with Gasteiger partial charge in [0.2, 0.25) is 0 Å². The van der Waals surface area contributed by atoms with Crippen molar-refractivity contribution in [2.75, 3.05) is 12.0 Å². The molecule has 1 aromatic carbocycles. The molecule has 2 aromatic rings. The van der Waals surface area contributed by atoms with E-state index in [0.29, 0.717) is 5.56 Å². The third kappa shape index (κ3) is 4.95. The van der Waals surface area contributed by atoms with Crippen LogP contribution in [-0.4, -0.2) is 35.8 Å². The van der Waals surface area contributed by atoms with Crippen LogP contribution in [0.25, 0.3) is 0 Å². The van der Waals surface area contributed by atoms with Gasteiger partial charge in [0.05, 0.1) is 16.3 Å². The van der Waals surface area contributed by atoms with Crippen molar-refractivity contribution in [1.82, 2.24) is 9.55 Å². The molecule has 2 rings (SSSR count). The molecule has 1 heterocycles. The van der Waals surface area contributed by atoms with Gasteiger partial charge in [-0.2, -0.15) is 0 Å². The van der Waals surface area contributed by atoms with E-state index >= 15 is 0 Å². The summed E-state index contributed by atoms with van der Waals surface area (Å²) >= 11 is 1.43. The van der Waals surface area contributed by atoms with Crippen LogP contribution in [0, 0.1) is 13.8 Å². The van der Waals surface area contributed by atoms with Crippen molar-refractivity contribution in [3.63, 3.8) is 0 Å². The minimum Gasteiger partial charge on any atom is -0.323 e. The van der Waals surface area contributed by atoms with Crippen molar-refractivity contribution in [2.45, 2.75) is 50.2 Å². The fraction of sp³-hybridized carbons (Fsp3) is 0.444. The highest BCUT2D eigenvalue weighted by Gasteiger charge is 2.15. The lowest BCUT2D eigenvalue weighted by atomic mass is 10.1. The predicted molar refractivity (Wildman–Crippen MR) is 101 cm³/mol. The van der Waals surface area contributed by atoms with Gasteiger partial charge in [0, 0.05) is 24.1 Å². The number of aryl methyl sites for hydroxylation is 1. The molecule has 0 atom stereocenters. The van der Waals surface area contributed by atoms with Gasteiger partial charge in [0.25, 0.3) is 0 Å². The van der Waals surface area contributed by atoms with Gasteiger partial charge < -0.3 is 4.57 Å². The molecule has 0 saturated heterocycles. The molecule has 1 aromatic heterocycles. The quantitative estimate of drug-likeness (QED) is 0.516. The van der Waals surface area contributed by atoms with Gasteiger partial charge in [0.1, 0.15) is 0 Å². The van der Waals surface area contributed by atoms with Crippen LogP contribution in [0.4, 0.5) is 0 Å². The Morgan fingerprint density at radius 3 is 2.40 bits per heavy atom. The van der Waals surface area contributed by atoms with E-state index in [0.717, 1.165) is 42.2 Å². The summed E-state index contributed by atoms with van der Waals surface area (Å²) in [5.74, 6) is 0.241. The fourth-order valence-electron chi connectivity index (χ4n) is 2.41. The molecule has 5 nitrogen and oxygen atoms in total. The van der Waals surface area contributed by atoms with Crippen molar-refractivity contribution in [2.24, 2.45) is 0 Å². The number of carbonyl (C=O) groups excluding carboxylic acids is 1. The molecule has 7 heteroatoms. The molecule has 0 fully saturated rings. The molecule has 0 saturated carbocycles. The number of imidazole rings is 1. The van der Waals surface area contributed by atoms with Crippen LogP contribution < -0.4 is 0 Å². The van der Waals surface area contributed by atoms with Crippen molar-refractivity contribution < 1.29 is 13.2 Å². The van der Waals surface area contributed by atoms with Crippen LogP contribution in [0.5, 0.6) is 0 Å². The number of ketones is 1. The number of nitrogens with zero attached hydrogens (tertiary/aromatic N) is 2. The van der Waals surface area contributed by atoms with Crippen LogP contribution in [-0.2, 0) is 16.4 Å². The van der Waals surface area contributed by atoms with E-state index < -0.39 is 9.84 Å². The fourth-order valence-corrected chi connectivity index (χ4v) is 4.06. The highest BCUT2D eigenvalue weighted by atomic mass is 32.2. The molecule has 0 bridgehead atoms. The van der Waals surface area contributed by atoms with E-state index in [1.165, 1.54) is 23.9 Å². The SMILES string of the molecule is CCCCn1c(SCC(=O)c2ccc(S(C)(=O)=O)cc2)nc(C)c1C. The van der Waals surface area contributed by atoms with E-state index in [4.69, 9.17) is 0 Å². The Kier molecular flexibility index (Phi) is 6.46. The standard InChI is InChI=1S/C18H24N2O3S2/c1-5-6-11-20-14(3)13(2)19-18(20)24-12-17(21)15-7-9-16(10-8-15)25(4,22)23/h7-10H,5-6,11-12H2,1-4H3. The van der Waals surface area contributed by atoms with Gasteiger partial charge in [-0.05, 0) is 32.4 Å². The maximum absolute atomic E-state index is 12.4. The molecular weight excluding hydrogens is 356 g/mol. The minimum atomic E-state index is -3.25. The minimum absolute atomic E-state index is 0.0367. The summed E-state index contributed by atoms with van der Waals surface area (Å²) < 4.78 is 25.1. The van der Waals surface area contributed by atoms with Crippen molar-refractivity contribution in [1.29, 1.82) is 0 Å². The van der Waals surface area contributed by atoms with E-state index in [2.05, 4.69) is 16.5 Å². The summed E-state index contributed by atoms with van der Waals surface area (Å²) in [4.78, 5) is 17.2. The van der Waals surface area contributed by atoms with Crippen LogP contribution in [0.3, 0.4) is 0 Å². The second-order valence-corrected chi connectivity index (χ2v) is 9.04. The summed E-state index contributed by atoms with van der Waals surface area (Å²) in [6.07, 6.45) is 3.33. The number of hydrogen-bond donors (Lipinski definition) is 0. The van der Waals surface area contributed by atoms with Gasteiger partial charge in [-0.3, -0.25) is 4.79 Å². The Labute approximate surface area is 153 Å². The van der Waals surface area contributed by atoms with E-state index in [-0.39, 0.29) is 16.4 Å². The number of rotatable bonds is 8. The molecule has 0 radical (unpaired) electrons. The number of Topliss-reactive ketones (excluding diaryl/α,β-unsaturated/α-hetero) is 1. The first-order chi connectivity index (χ1) is 11.7. The lowest BCUT2D eigenvalue weighted by Crippen LogP contribution is -2.06.